The van der Waals surface area contributed by atoms with Gasteiger partial charge in [0, 0.05) is 23.8 Å². The maximum Gasteiger partial charge on any atom is 0.279 e. The normalized spacial score (nSPS) is 10.5. The molecular formula is C12H12BrN3O3. The van der Waals surface area contributed by atoms with Crippen molar-refractivity contribution in [2.24, 2.45) is 0 Å². The van der Waals surface area contributed by atoms with Crippen molar-refractivity contribution < 1.29 is 14.1 Å². The van der Waals surface area contributed by atoms with Gasteiger partial charge in [-0.1, -0.05) is 5.16 Å². The van der Waals surface area contributed by atoms with Crippen molar-refractivity contribution in [2.45, 2.75) is 13.5 Å². The molecule has 2 rings (SSSR count). The first-order valence-corrected chi connectivity index (χ1v) is 6.27. The monoisotopic (exact) mass is 325 g/mol. The van der Waals surface area contributed by atoms with Gasteiger partial charge in [0.2, 0.25) is 0 Å². The zero-order valence-electron chi connectivity index (χ0n) is 10.4. The first-order chi connectivity index (χ1) is 9.10. The maximum atomic E-state index is 11.9. The highest BCUT2D eigenvalue weighted by Crippen LogP contribution is 2.17. The Labute approximate surface area is 118 Å². The molecule has 1 amide bonds. The molecule has 100 valence electrons. The van der Waals surface area contributed by atoms with Crippen molar-refractivity contribution in [3.63, 3.8) is 0 Å². The third kappa shape index (κ3) is 3.39. The summed E-state index contributed by atoms with van der Waals surface area (Å²) in [5.74, 6) is 0.579. The molecule has 0 radical (unpaired) electrons. The zero-order valence-corrected chi connectivity index (χ0v) is 12.0. The second-order valence-electron chi connectivity index (χ2n) is 3.88. The van der Waals surface area contributed by atoms with Crippen LogP contribution in [-0.4, -0.2) is 23.2 Å². The zero-order chi connectivity index (χ0) is 13.8. The topological polar surface area (TPSA) is 77.2 Å². The minimum Gasteiger partial charge on any atom is -0.377 e. The summed E-state index contributed by atoms with van der Waals surface area (Å²) in [4.78, 5) is 16.0. The average molecular weight is 326 g/mol. The lowest BCUT2D eigenvalue weighted by Gasteiger charge is -2.03. The van der Waals surface area contributed by atoms with E-state index in [1.165, 1.54) is 13.2 Å². The molecule has 0 aliphatic carbocycles. The van der Waals surface area contributed by atoms with E-state index in [0.717, 1.165) is 10.0 Å². The Bertz CT molecular complexity index is 598. The third-order valence-electron chi connectivity index (χ3n) is 2.37. The summed E-state index contributed by atoms with van der Waals surface area (Å²) in [6.45, 7) is 2.18. The fourth-order valence-corrected chi connectivity index (χ4v) is 1.64. The molecule has 2 aromatic heterocycles. The van der Waals surface area contributed by atoms with E-state index in [9.17, 15) is 4.79 Å². The van der Waals surface area contributed by atoms with Crippen molar-refractivity contribution in [2.75, 3.05) is 12.4 Å². The van der Waals surface area contributed by atoms with Gasteiger partial charge in [0.1, 0.15) is 12.4 Å². The summed E-state index contributed by atoms with van der Waals surface area (Å²) >= 11 is 3.34. The van der Waals surface area contributed by atoms with Gasteiger partial charge in [0.25, 0.3) is 5.91 Å². The molecule has 0 unspecified atom stereocenters. The number of ether oxygens (including phenoxy) is 1. The second kappa shape index (κ2) is 5.94. The third-order valence-corrected chi connectivity index (χ3v) is 3.20. The van der Waals surface area contributed by atoms with E-state index in [0.29, 0.717) is 11.6 Å². The SMILES string of the molecule is COCc1cc(C(=O)Nc2cc(C)c(Br)cn2)no1. The highest BCUT2D eigenvalue weighted by molar-refractivity contribution is 9.10. The van der Waals surface area contributed by atoms with Gasteiger partial charge >= 0.3 is 0 Å². The van der Waals surface area contributed by atoms with Crippen molar-refractivity contribution >= 4 is 27.7 Å². The first-order valence-electron chi connectivity index (χ1n) is 5.48. The first kappa shape index (κ1) is 13.7. The number of rotatable bonds is 4. The summed E-state index contributed by atoms with van der Waals surface area (Å²) in [5.41, 5.74) is 1.17. The number of aromatic nitrogens is 2. The van der Waals surface area contributed by atoms with Crippen LogP contribution in [0.5, 0.6) is 0 Å². The molecule has 2 heterocycles. The van der Waals surface area contributed by atoms with E-state index in [-0.39, 0.29) is 18.2 Å². The van der Waals surface area contributed by atoms with Crippen molar-refractivity contribution in [1.82, 2.24) is 10.1 Å². The molecule has 2 aromatic rings. The van der Waals surface area contributed by atoms with Crippen molar-refractivity contribution in [3.05, 3.63) is 39.8 Å². The Morgan fingerprint density at radius 1 is 1.53 bits per heavy atom. The minimum atomic E-state index is -0.375. The number of amides is 1. The fourth-order valence-electron chi connectivity index (χ4n) is 1.42. The van der Waals surface area contributed by atoms with Gasteiger partial charge in [-0.05, 0) is 34.5 Å². The lowest BCUT2D eigenvalue weighted by molar-refractivity contribution is 0.101. The predicted molar refractivity (Wildman–Crippen MR) is 71.8 cm³/mol. The Hall–Kier alpha value is -1.73. The number of carbonyl (C=O) groups is 1. The molecule has 0 aliphatic rings. The number of hydrogen-bond acceptors (Lipinski definition) is 5. The van der Waals surface area contributed by atoms with E-state index in [4.69, 9.17) is 9.26 Å². The number of pyridine rings is 1. The fraction of sp³-hybridized carbons (Fsp3) is 0.250. The minimum absolute atomic E-state index is 0.189. The molecular weight excluding hydrogens is 314 g/mol. The van der Waals surface area contributed by atoms with Crippen LogP contribution in [-0.2, 0) is 11.3 Å². The van der Waals surface area contributed by atoms with Crippen LogP contribution in [0.3, 0.4) is 0 Å². The Morgan fingerprint density at radius 3 is 3.00 bits per heavy atom. The van der Waals surface area contributed by atoms with E-state index in [2.05, 4.69) is 31.4 Å². The molecule has 0 bridgehead atoms. The molecule has 6 nitrogen and oxygen atoms in total. The Morgan fingerprint density at radius 2 is 2.32 bits per heavy atom. The molecule has 0 saturated carbocycles. The predicted octanol–water partition coefficient (Wildman–Crippen LogP) is 2.54. The van der Waals surface area contributed by atoms with Crippen LogP contribution >= 0.6 is 15.9 Å². The number of halogens is 1. The van der Waals surface area contributed by atoms with E-state index in [1.807, 2.05) is 6.92 Å². The molecule has 0 saturated heterocycles. The lowest BCUT2D eigenvalue weighted by Crippen LogP contribution is -2.13. The number of nitrogens with zero attached hydrogens (tertiary/aromatic N) is 2. The van der Waals surface area contributed by atoms with Crippen molar-refractivity contribution in [3.8, 4) is 0 Å². The summed E-state index contributed by atoms with van der Waals surface area (Å²) in [6.07, 6.45) is 1.63. The Balaban J connectivity index is 2.09. The van der Waals surface area contributed by atoms with Crippen LogP contribution in [0.1, 0.15) is 21.8 Å². The molecule has 0 atom stereocenters. The number of aryl methyl sites for hydroxylation is 1. The highest BCUT2D eigenvalue weighted by atomic mass is 79.9. The van der Waals surface area contributed by atoms with E-state index < -0.39 is 0 Å². The molecule has 0 aromatic carbocycles. The van der Waals surface area contributed by atoms with Crippen LogP contribution in [0.15, 0.2) is 27.3 Å². The highest BCUT2D eigenvalue weighted by Gasteiger charge is 2.13. The molecule has 19 heavy (non-hydrogen) atoms. The van der Waals surface area contributed by atoms with Crippen LogP contribution in [0.25, 0.3) is 0 Å². The van der Waals surface area contributed by atoms with E-state index >= 15 is 0 Å². The van der Waals surface area contributed by atoms with E-state index in [1.54, 1.807) is 12.3 Å². The number of nitrogens with one attached hydrogen (secondary N) is 1. The van der Waals surface area contributed by atoms with Crippen LogP contribution < -0.4 is 5.32 Å². The molecule has 1 N–H and O–H groups in total. The molecule has 7 heteroatoms. The number of anilines is 1. The molecule has 0 spiro atoms. The summed E-state index contributed by atoms with van der Waals surface area (Å²) in [5, 5.41) is 6.31. The quantitative estimate of drug-likeness (QED) is 0.934. The second-order valence-corrected chi connectivity index (χ2v) is 4.74. The van der Waals surface area contributed by atoms with Gasteiger partial charge in [0.15, 0.2) is 11.5 Å². The van der Waals surface area contributed by atoms with Gasteiger partial charge in [-0.15, -0.1) is 0 Å². The lowest BCUT2D eigenvalue weighted by atomic mass is 10.3. The van der Waals surface area contributed by atoms with Crippen LogP contribution in [0.4, 0.5) is 5.82 Å². The number of hydrogen-bond donors (Lipinski definition) is 1. The largest absolute Gasteiger partial charge is 0.377 e. The molecule has 0 fully saturated rings. The average Bonchev–Trinajstić information content (AvgIpc) is 2.83. The number of methoxy groups -OCH3 is 1. The standard InChI is InChI=1S/C12H12BrN3O3/c1-7-3-11(14-5-9(7)13)15-12(17)10-4-8(6-18-2)19-16-10/h3-5H,6H2,1-2H3,(H,14,15,17). The van der Waals surface area contributed by atoms with Gasteiger partial charge in [-0.2, -0.15) is 0 Å². The molecule has 0 aliphatic heterocycles. The smallest absolute Gasteiger partial charge is 0.279 e. The van der Waals surface area contributed by atoms with Gasteiger partial charge < -0.3 is 14.6 Å². The maximum absolute atomic E-state index is 11.9. The van der Waals surface area contributed by atoms with Crippen LogP contribution in [0, 0.1) is 6.92 Å². The summed E-state index contributed by atoms with van der Waals surface area (Å²) in [7, 11) is 1.54. The summed E-state index contributed by atoms with van der Waals surface area (Å²) in [6, 6.07) is 3.29. The van der Waals surface area contributed by atoms with Crippen LogP contribution in [0.2, 0.25) is 0 Å². The summed E-state index contributed by atoms with van der Waals surface area (Å²) < 4.78 is 10.7. The van der Waals surface area contributed by atoms with Gasteiger partial charge in [-0.25, -0.2) is 4.98 Å². The number of carbonyl (C=O) groups excluding carboxylic acids is 1. The Kier molecular flexibility index (Phi) is 4.28. The van der Waals surface area contributed by atoms with Gasteiger partial charge in [0.05, 0.1) is 0 Å². The van der Waals surface area contributed by atoms with Crippen molar-refractivity contribution in [1.29, 1.82) is 0 Å². The van der Waals surface area contributed by atoms with Gasteiger partial charge in [-0.3, -0.25) is 4.79 Å².